The number of nitrogens with one attached hydrogen (secondary N) is 2. The highest BCUT2D eigenvalue weighted by Gasteiger charge is 2.28. The summed E-state index contributed by atoms with van der Waals surface area (Å²) in [5.74, 6) is 1.64. The van der Waals surface area contributed by atoms with Crippen molar-refractivity contribution in [3.8, 4) is 0 Å². The fourth-order valence-corrected chi connectivity index (χ4v) is 3.67. The molecule has 0 radical (unpaired) electrons. The Morgan fingerprint density at radius 3 is 2.78 bits per heavy atom. The molecule has 1 aliphatic heterocycles. The summed E-state index contributed by atoms with van der Waals surface area (Å²) < 4.78 is 7.66. The van der Waals surface area contributed by atoms with Crippen LogP contribution in [0.15, 0.2) is 47.7 Å². The predicted molar refractivity (Wildman–Crippen MR) is 127 cm³/mol. The van der Waals surface area contributed by atoms with Crippen LogP contribution >= 0.6 is 0 Å². The molecule has 0 saturated carbocycles. The molecular weight excluding hydrogens is 404 g/mol. The van der Waals surface area contributed by atoms with Gasteiger partial charge in [-0.1, -0.05) is 30.3 Å². The molecule has 1 aromatic heterocycles. The van der Waals surface area contributed by atoms with Crippen molar-refractivity contribution in [1.82, 2.24) is 25.1 Å². The van der Waals surface area contributed by atoms with E-state index < -0.39 is 5.60 Å². The van der Waals surface area contributed by atoms with E-state index in [9.17, 15) is 4.79 Å². The Morgan fingerprint density at radius 2 is 2.06 bits per heavy atom. The number of hydrogen-bond donors (Lipinski definition) is 2. The molecule has 2 aromatic rings. The quantitative estimate of drug-likeness (QED) is 0.531. The molecule has 2 heterocycles. The number of imidazole rings is 1. The van der Waals surface area contributed by atoms with Crippen LogP contribution in [0.2, 0.25) is 0 Å². The minimum atomic E-state index is -0.491. The SMILES string of the molecule is CCNC(=NCc1nccn1Cc1ccccc1)NC1CCCN(C(=O)OC(C)(C)C)C1. The lowest BCUT2D eigenvalue weighted by molar-refractivity contribution is 0.0193. The lowest BCUT2D eigenvalue weighted by atomic mass is 10.1. The Hall–Kier alpha value is -3.03. The Labute approximate surface area is 191 Å². The van der Waals surface area contributed by atoms with Crippen LogP contribution in [0.5, 0.6) is 0 Å². The summed E-state index contributed by atoms with van der Waals surface area (Å²) >= 11 is 0. The van der Waals surface area contributed by atoms with Crippen LogP contribution < -0.4 is 10.6 Å². The molecule has 174 valence electrons. The molecule has 8 heteroatoms. The van der Waals surface area contributed by atoms with E-state index >= 15 is 0 Å². The van der Waals surface area contributed by atoms with Gasteiger partial charge in [-0.2, -0.15) is 0 Å². The molecular formula is C24H36N6O2. The van der Waals surface area contributed by atoms with Gasteiger partial charge in [0, 0.05) is 44.6 Å². The summed E-state index contributed by atoms with van der Waals surface area (Å²) in [6, 6.07) is 10.4. The number of aliphatic imine (C=N–C) groups is 1. The molecule has 32 heavy (non-hydrogen) atoms. The van der Waals surface area contributed by atoms with Crippen LogP contribution in [-0.2, 0) is 17.8 Å². The minimum absolute atomic E-state index is 0.123. The van der Waals surface area contributed by atoms with Gasteiger partial charge in [-0.25, -0.2) is 14.8 Å². The zero-order chi connectivity index (χ0) is 23.0. The lowest BCUT2D eigenvalue weighted by Crippen LogP contribution is -2.53. The second-order valence-corrected chi connectivity index (χ2v) is 9.06. The summed E-state index contributed by atoms with van der Waals surface area (Å²) in [4.78, 5) is 23.5. The van der Waals surface area contributed by atoms with Gasteiger partial charge in [0.25, 0.3) is 0 Å². The van der Waals surface area contributed by atoms with E-state index in [1.807, 2.05) is 58.3 Å². The van der Waals surface area contributed by atoms with E-state index in [0.29, 0.717) is 13.1 Å². The van der Waals surface area contributed by atoms with Crippen LogP contribution in [0.3, 0.4) is 0 Å². The van der Waals surface area contributed by atoms with Gasteiger partial charge in [0.15, 0.2) is 5.96 Å². The molecule has 1 atom stereocenters. The number of aromatic nitrogens is 2. The zero-order valence-electron chi connectivity index (χ0n) is 19.7. The van der Waals surface area contributed by atoms with Gasteiger partial charge in [0.05, 0.1) is 0 Å². The van der Waals surface area contributed by atoms with Gasteiger partial charge in [0.2, 0.25) is 0 Å². The first-order valence-corrected chi connectivity index (χ1v) is 11.4. The van der Waals surface area contributed by atoms with Gasteiger partial charge < -0.3 is 24.8 Å². The van der Waals surface area contributed by atoms with Gasteiger partial charge >= 0.3 is 6.09 Å². The van der Waals surface area contributed by atoms with Crippen LogP contribution in [-0.4, -0.2) is 57.8 Å². The third-order valence-corrected chi connectivity index (χ3v) is 5.13. The molecule has 1 unspecified atom stereocenters. The second kappa shape index (κ2) is 11.0. The van der Waals surface area contributed by atoms with Gasteiger partial charge in [-0.05, 0) is 46.1 Å². The Kier molecular flexibility index (Phi) is 8.14. The third kappa shape index (κ3) is 7.28. The Balaban J connectivity index is 1.61. The highest BCUT2D eigenvalue weighted by molar-refractivity contribution is 5.80. The summed E-state index contributed by atoms with van der Waals surface area (Å²) in [6.07, 6.45) is 5.45. The van der Waals surface area contributed by atoms with E-state index in [2.05, 4.69) is 32.3 Å². The molecule has 1 fully saturated rings. The minimum Gasteiger partial charge on any atom is -0.444 e. The summed E-state index contributed by atoms with van der Waals surface area (Å²) in [6.45, 7) is 11.0. The van der Waals surface area contributed by atoms with Crippen molar-refractivity contribution < 1.29 is 9.53 Å². The molecule has 0 bridgehead atoms. The topological polar surface area (TPSA) is 83.8 Å². The summed E-state index contributed by atoms with van der Waals surface area (Å²) in [5, 5.41) is 6.80. The third-order valence-electron chi connectivity index (χ3n) is 5.13. The first-order valence-electron chi connectivity index (χ1n) is 11.4. The van der Waals surface area contributed by atoms with Gasteiger partial charge in [0.1, 0.15) is 18.0 Å². The Bertz CT molecular complexity index is 887. The molecule has 3 rings (SSSR count). The number of carbonyl (C=O) groups excluding carboxylic acids is 1. The van der Waals surface area contributed by atoms with E-state index in [1.165, 1.54) is 5.56 Å². The maximum atomic E-state index is 12.5. The lowest BCUT2D eigenvalue weighted by Gasteiger charge is -2.35. The largest absolute Gasteiger partial charge is 0.444 e. The van der Waals surface area contributed by atoms with Crippen LogP contribution in [0, 0.1) is 0 Å². The number of guanidine groups is 1. The van der Waals surface area contributed by atoms with Crippen molar-refractivity contribution in [3.05, 3.63) is 54.1 Å². The second-order valence-electron chi connectivity index (χ2n) is 9.06. The monoisotopic (exact) mass is 440 g/mol. The number of hydrogen-bond acceptors (Lipinski definition) is 4. The van der Waals surface area contributed by atoms with Crippen LogP contribution in [0.4, 0.5) is 4.79 Å². The fourth-order valence-electron chi connectivity index (χ4n) is 3.67. The molecule has 0 aliphatic carbocycles. The first-order chi connectivity index (χ1) is 15.3. The van der Waals surface area contributed by atoms with E-state index in [-0.39, 0.29) is 12.1 Å². The Morgan fingerprint density at radius 1 is 1.28 bits per heavy atom. The number of benzene rings is 1. The number of likely N-dealkylation sites (tertiary alicyclic amines) is 1. The standard InChI is InChI=1S/C24H36N6O2/c1-5-25-22(28-20-12-9-14-30(18-20)23(31)32-24(2,3)4)27-16-21-26-13-15-29(21)17-19-10-7-6-8-11-19/h6-8,10-11,13,15,20H,5,9,12,14,16-18H2,1-4H3,(H2,25,27,28). The van der Waals surface area contributed by atoms with E-state index in [1.54, 1.807) is 4.90 Å². The number of rotatable bonds is 6. The molecule has 0 spiro atoms. The van der Waals surface area contributed by atoms with Crippen molar-refractivity contribution in [1.29, 1.82) is 0 Å². The maximum Gasteiger partial charge on any atom is 0.410 e. The van der Waals surface area contributed by atoms with E-state index in [4.69, 9.17) is 9.73 Å². The van der Waals surface area contributed by atoms with Gasteiger partial charge in [-0.15, -0.1) is 0 Å². The maximum absolute atomic E-state index is 12.5. The van der Waals surface area contributed by atoms with Crippen molar-refractivity contribution in [2.45, 2.75) is 65.3 Å². The molecule has 2 N–H and O–H groups in total. The van der Waals surface area contributed by atoms with Crippen molar-refractivity contribution in [2.75, 3.05) is 19.6 Å². The molecule has 8 nitrogen and oxygen atoms in total. The van der Waals surface area contributed by atoms with Crippen molar-refractivity contribution in [2.24, 2.45) is 4.99 Å². The highest BCUT2D eigenvalue weighted by Crippen LogP contribution is 2.15. The average Bonchev–Trinajstić information content (AvgIpc) is 3.19. The predicted octanol–water partition coefficient (Wildman–Crippen LogP) is 3.39. The summed E-state index contributed by atoms with van der Waals surface area (Å²) in [5.41, 5.74) is 0.736. The van der Waals surface area contributed by atoms with Gasteiger partial charge in [-0.3, -0.25) is 0 Å². The van der Waals surface area contributed by atoms with Crippen LogP contribution in [0.1, 0.15) is 51.9 Å². The molecule has 1 aliphatic rings. The zero-order valence-corrected chi connectivity index (χ0v) is 19.7. The fraction of sp³-hybridized carbons (Fsp3) is 0.542. The smallest absolute Gasteiger partial charge is 0.410 e. The normalized spacial score (nSPS) is 17.2. The molecule has 1 saturated heterocycles. The van der Waals surface area contributed by atoms with Crippen molar-refractivity contribution in [3.63, 3.8) is 0 Å². The molecule has 1 amide bonds. The van der Waals surface area contributed by atoms with E-state index in [0.717, 1.165) is 44.3 Å². The molecule has 1 aromatic carbocycles. The number of carbonyl (C=O) groups is 1. The first kappa shape index (κ1) is 23.6. The number of amides is 1. The highest BCUT2D eigenvalue weighted by atomic mass is 16.6. The summed E-state index contributed by atoms with van der Waals surface area (Å²) in [7, 11) is 0. The van der Waals surface area contributed by atoms with Crippen LogP contribution in [0.25, 0.3) is 0 Å². The number of piperidine rings is 1. The number of nitrogens with zero attached hydrogens (tertiary/aromatic N) is 4. The van der Waals surface area contributed by atoms with Crippen molar-refractivity contribution >= 4 is 12.1 Å². The average molecular weight is 441 g/mol. The number of ether oxygens (including phenoxy) is 1.